The quantitative estimate of drug-likeness (QED) is 0.252. The molecule has 0 atom stereocenters. The first-order valence-electron chi connectivity index (χ1n) is 12.0. The van der Waals surface area contributed by atoms with Crippen LogP contribution in [0.1, 0.15) is 0 Å². The Balaban J connectivity index is 1.29. The van der Waals surface area contributed by atoms with Gasteiger partial charge in [-0.05, 0) is 72.8 Å². The Hall–Kier alpha value is -5.91. The predicted octanol–water partition coefficient (Wildman–Crippen LogP) is 5.15. The van der Waals surface area contributed by atoms with Gasteiger partial charge in [-0.3, -0.25) is 0 Å². The monoisotopic (exact) mass is 510 g/mol. The molecule has 0 amide bonds. The Kier molecular flexibility index (Phi) is 5.44. The third-order valence-corrected chi connectivity index (χ3v) is 5.84. The summed E-state index contributed by atoms with van der Waals surface area (Å²) in [5.41, 5.74) is 1.64. The highest BCUT2D eigenvalue weighted by Gasteiger charge is 2.04. The summed E-state index contributed by atoms with van der Waals surface area (Å²) in [6.07, 6.45) is 4.60. The van der Waals surface area contributed by atoms with E-state index in [1.54, 1.807) is 0 Å². The highest BCUT2D eigenvalue weighted by Crippen LogP contribution is 2.21. The van der Waals surface area contributed by atoms with Gasteiger partial charge in [0.1, 0.15) is 17.5 Å². The molecule has 9 bridgehead atoms. The Morgan fingerprint density at radius 2 is 0.641 bits per heavy atom. The molecule has 0 saturated carbocycles. The van der Waals surface area contributed by atoms with E-state index in [2.05, 4.69) is 60.8 Å². The second kappa shape index (κ2) is 9.52. The molecule has 0 unspecified atom stereocenters. The van der Waals surface area contributed by atoms with Crippen molar-refractivity contribution in [2.24, 2.45) is 15.0 Å². The Morgan fingerprint density at radius 1 is 0.333 bits per heavy atom. The van der Waals surface area contributed by atoms with Gasteiger partial charge < -0.3 is 16.0 Å². The lowest BCUT2D eigenvalue weighted by atomic mass is 10.3. The van der Waals surface area contributed by atoms with Gasteiger partial charge in [0.25, 0.3) is 0 Å². The van der Waals surface area contributed by atoms with Crippen LogP contribution in [0, 0.1) is 0 Å². The molecule has 0 saturated heterocycles. The lowest BCUT2D eigenvalue weighted by molar-refractivity contribution is 1.24. The van der Waals surface area contributed by atoms with Crippen LogP contribution in [-0.2, 0) is 0 Å². The summed E-state index contributed by atoms with van der Waals surface area (Å²) < 4.78 is 0. The Morgan fingerprint density at radius 3 is 1.03 bits per heavy atom. The van der Waals surface area contributed by atoms with Gasteiger partial charge in [0.05, 0.1) is 19.0 Å². The molecule has 0 radical (unpaired) electrons. The maximum Gasteiger partial charge on any atom is 0.164 e. The molecule has 39 heavy (non-hydrogen) atoms. The largest absolute Gasteiger partial charge is 0.331 e. The summed E-state index contributed by atoms with van der Waals surface area (Å²) >= 11 is 0. The van der Waals surface area contributed by atoms with Crippen molar-refractivity contribution >= 4 is 87.0 Å². The van der Waals surface area contributed by atoms with E-state index >= 15 is 0 Å². The van der Waals surface area contributed by atoms with Crippen molar-refractivity contribution in [3.63, 3.8) is 0 Å². The highest BCUT2D eigenvalue weighted by molar-refractivity contribution is 5.86. The fourth-order valence-electron chi connectivity index (χ4n) is 3.92. The topological polar surface area (TPSA) is 151 Å². The maximum atomic E-state index is 4.58. The van der Waals surface area contributed by atoms with Crippen LogP contribution in [0.2, 0.25) is 0 Å². The standard InChI is InChI=1S/C27H18N12/c1-7-19-28-13-29-21-9-3-17-5-11-23(38-26(17)36-21)32-15-33-24-12-6-18-4-10-22(37-27(18)39-24)31-14-30-20-8-2-16(1)25(34-19)35-20/h1-15H,(H3,28,29,30,31,32,33,34,35,36,37,38,39). The van der Waals surface area contributed by atoms with Gasteiger partial charge in [-0.25, -0.2) is 44.9 Å². The lowest BCUT2D eigenvalue weighted by Gasteiger charge is -2.05. The number of aromatic nitrogens is 6. The summed E-state index contributed by atoms with van der Waals surface area (Å²) in [5, 5.41) is 11.9. The second-order valence-electron chi connectivity index (χ2n) is 8.45. The molecule has 12 nitrogen and oxygen atoms in total. The fraction of sp³-hybridized carbons (Fsp3) is 0. The van der Waals surface area contributed by atoms with Crippen molar-refractivity contribution in [1.82, 2.24) is 29.9 Å². The minimum atomic E-state index is 0.492. The summed E-state index contributed by atoms with van der Waals surface area (Å²) in [6, 6.07) is 22.5. The first kappa shape index (κ1) is 22.3. The molecule has 6 aromatic rings. The zero-order chi connectivity index (χ0) is 26.0. The molecule has 1 aliphatic rings. The molecule has 0 fully saturated rings. The van der Waals surface area contributed by atoms with Gasteiger partial charge in [0.2, 0.25) is 0 Å². The van der Waals surface area contributed by atoms with E-state index in [4.69, 9.17) is 0 Å². The lowest BCUT2D eigenvalue weighted by Crippen LogP contribution is -2.01. The average Bonchev–Trinajstić information content (AvgIpc) is 2.96. The van der Waals surface area contributed by atoms with Gasteiger partial charge in [0.15, 0.2) is 34.4 Å². The van der Waals surface area contributed by atoms with Crippen LogP contribution in [0.4, 0.5) is 34.9 Å². The van der Waals surface area contributed by atoms with E-state index in [0.717, 1.165) is 16.2 Å². The minimum Gasteiger partial charge on any atom is -0.331 e. The maximum absolute atomic E-state index is 4.58. The number of pyridine rings is 6. The number of hydrogen-bond donors (Lipinski definition) is 3. The Bertz CT molecular complexity index is 1960. The third kappa shape index (κ3) is 4.76. The summed E-state index contributed by atoms with van der Waals surface area (Å²) in [5.74, 6) is 3.26. The normalized spacial score (nSPS) is 12.9. The first-order chi connectivity index (χ1) is 19.2. The van der Waals surface area contributed by atoms with E-state index in [1.807, 2.05) is 72.8 Å². The van der Waals surface area contributed by atoms with Gasteiger partial charge in [0, 0.05) is 16.2 Å². The van der Waals surface area contributed by atoms with Crippen LogP contribution >= 0.6 is 0 Å². The van der Waals surface area contributed by atoms with Gasteiger partial charge in [-0.2, -0.15) is 0 Å². The fourth-order valence-corrected chi connectivity index (χ4v) is 3.92. The van der Waals surface area contributed by atoms with Crippen LogP contribution < -0.4 is 16.0 Å². The zero-order valence-corrected chi connectivity index (χ0v) is 20.2. The number of anilines is 3. The molecule has 12 heteroatoms. The summed E-state index contributed by atoms with van der Waals surface area (Å²) in [4.78, 5) is 40.6. The Labute approximate surface area is 220 Å². The molecule has 0 aliphatic carbocycles. The first-order valence-corrected chi connectivity index (χ1v) is 12.0. The SMILES string of the molecule is C1=Nc2ccc3ccc(nc3n2)N=CNc2ccc3ccc(nc3n2)NC=Nc2ccc3ccc(nc3n2)N1. The van der Waals surface area contributed by atoms with Crippen LogP contribution in [-0.4, -0.2) is 48.9 Å². The molecule has 6 aromatic heterocycles. The number of fused-ring (bicyclic) bond motifs is 6. The van der Waals surface area contributed by atoms with Crippen LogP contribution in [0.25, 0.3) is 33.1 Å². The number of rotatable bonds is 0. The van der Waals surface area contributed by atoms with Crippen molar-refractivity contribution < 1.29 is 0 Å². The van der Waals surface area contributed by atoms with E-state index < -0.39 is 0 Å². The smallest absolute Gasteiger partial charge is 0.164 e. The minimum absolute atomic E-state index is 0.492. The van der Waals surface area contributed by atoms with E-state index in [1.165, 1.54) is 19.0 Å². The molecule has 0 aromatic carbocycles. The second-order valence-corrected chi connectivity index (χ2v) is 8.45. The highest BCUT2D eigenvalue weighted by atomic mass is 15.1. The number of aliphatic imine (C=N–C) groups is 3. The van der Waals surface area contributed by atoms with Crippen molar-refractivity contribution in [2.75, 3.05) is 16.0 Å². The number of hydrogen-bond acceptors (Lipinski definition) is 12. The third-order valence-electron chi connectivity index (χ3n) is 5.84. The van der Waals surface area contributed by atoms with Crippen molar-refractivity contribution in [1.29, 1.82) is 0 Å². The van der Waals surface area contributed by atoms with E-state index in [9.17, 15) is 0 Å². The van der Waals surface area contributed by atoms with E-state index in [0.29, 0.717) is 51.8 Å². The summed E-state index contributed by atoms with van der Waals surface area (Å²) in [6.45, 7) is 0. The van der Waals surface area contributed by atoms with E-state index in [-0.39, 0.29) is 0 Å². The molecule has 1 aliphatic heterocycles. The summed E-state index contributed by atoms with van der Waals surface area (Å²) in [7, 11) is 0. The molecule has 7 rings (SSSR count). The van der Waals surface area contributed by atoms with Crippen molar-refractivity contribution in [3.8, 4) is 0 Å². The van der Waals surface area contributed by atoms with Gasteiger partial charge in [-0.15, -0.1) is 0 Å². The van der Waals surface area contributed by atoms with Crippen LogP contribution in [0.15, 0.2) is 87.8 Å². The van der Waals surface area contributed by atoms with Crippen LogP contribution in [0.3, 0.4) is 0 Å². The average molecular weight is 511 g/mol. The van der Waals surface area contributed by atoms with Crippen LogP contribution in [0.5, 0.6) is 0 Å². The molecule has 0 spiro atoms. The van der Waals surface area contributed by atoms with Crippen molar-refractivity contribution in [3.05, 3.63) is 72.8 Å². The molecule has 3 N–H and O–H groups in total. The van der Waals surface area contributed by atoms with Gasteiger partial charge in [-0.1, -0.05) is 0 Å². The molecular weight excluding hydrogens is 492 g/mol. The van der Waals surface area contributed by atoms with Crippen molar-refractivity contribution in [2.45, 2.75) is 0 Å². The molecule has 7 heterocycles. The molecule has 186 valence electrons. The molecular formula is C27H18N12. The zero-order valence-electron chi connectivity index (χ0n) is 20.2. The predicted molar refractivity (Wildman–Crippen MR) is 154 cm³/mol. The number of nitrogens with one attached hydrogen (secondary N) is 3. The number of nitrogens with zero attached hydrogens (tertiary/aromatic N) is 9. The van der Waals surface area contributed by atoms with Gasteiger partial charge >= 0.3 is 0 Å².